The summed E-state index contributed by atoms with van der Waals surface area (Å²) in [7, 11) is 0. The van der Waals surface area contributed by atoms with E-state index in [-0.39, 0.29) is 40.5 Å². The van der Waals surface area contributed by atoms with Gasteiger partial charge in [0.1, 0.15) is 29.3 Å². The summed E-state index contributed by atoms with van der Waals surface area (Å²) in [6.07, 6.45) is 7.41. The SMILES string of the molecule is CC1CC2OC2/C=C\C=C\C(=NS)Cc2c(Cl)c(O)cc(O)c2C(=O)O1. The predicted molar refractivity (Wildman–Crippen MR) is 101 cm³/mol. The van der Waals surface area contributed by atoms with Crippen molar-refractivity contribution in [1.82, 2.24) is 0 Å². The molecule has 0 amide bonds. The molecule has 26 heavy (non-hydrogen) atoms. The number of rotatable bonds is 0. The Labute approximate surface area is 161 Å². The Morgan fingerprint density at radius 1 is 1.31 bits per heavy atom. The number of cyclic esters (lactones) is 1. The molecule has 0 radical (unpaired) electrons. The number of ether oxygens (including phenoxy) is 2. The van der Waals surface area contributed by atoms with E-state index in [0.29, 0.717) is 12.1 Å². The fraction of sp³-hybridized carbons (Fsp3) is 0.333. The first-order valence-corrected chi connectivity index (χ1v) is 8.84. The number of fused-ring (bicyclic) bond motifs is 2. The number of nitrogens with zero attached hydrogens (tertiary/aromatic N) is 1. The van der Waals surface area contributed by atoms with E-state index < -0.39 is 17.8 Å². The minimum atomic E-state index is -0.723. The van der Waals surface area contributed by atoms with Gasteiger partial charge in [0.25, 0.3) is 0 Å². The van der Waals surface area contributed by atoms with Crippen LogP contribution in [0.15, 0.2) is 34.8 Å². The second-order valence-electron chi connectivity index (χ2n) is 6.19. The highest BCUT2D eigenvalue weighted by Crippen LogP contribution is 2.38. The van der Waals surface area contributed by atoms with E-state index in [1.807, 2.05) is 12.2 Å². The molecule has 1 aromatic rings. The maximum absolute atomic E-state index is 12.6. The highest BCUT2D eigenvalue weighted by molar-refractivity contribution is 7.79. The van der Waals surface area contributed by atoms with Crippen molar-refractivity contribution < 1.29 is 24.5 Å². The van der Waals surface area contributed by atoms with Crippen molar-refractivity contribution in [2.45, 2.75) is 38.1 Å². The topological polar surface area (TPSA) is 91.7 Å². The minimum absolute atomic E-state index is 0.00721. The molecule has 0 saturated carbocycles. The first-order valence-electron chi connectivity index (χ1n) is 8.06. The molecule has 3 unspecified atom stereocenters. The van der Waals surface area contributed by atoms with Crippen LogP contribution in [0.25, 0.3) is 0 Å². The average Bonchev–Trinajstić information content (AvgIpc) is 3.31. The van der Waals surface area contributed by atoms with Crippen LogP contribution in [0, 0.1) is 0 Å². The van der Waals surface area contributed by atoms with Crippen LogP contribution < -0.4 is 0 Å². The molecule has 8 heteroatoms. The fourth-order valence-electron chi connectivity index (χ4n) is 2.86. The first kappa shape index (κ1) is 18.8. The zero-order chi connectivity index (χ0) is 18.8. The molecule has 6 nitrogen and oxygen atoms in total. The number of phenols is 2. The number of halogens is 1. The lowest BCUT2D eigenvalue weighted by Crippen LogP contribution is -2.19. The second-order valence-corrected chi connectivity index (χ2v) is 6.76. The van der Waals surface area contributed by atoms with Gasteiger partial charge in [-0.2, -0.15) is 0 Å². The molecule has 1 fully saturated rings. The van der Waals surface area contributed by atoms with Crippen LogP contribution in [-0.2, 0) is 15.9 Å². The number of allylic oxidation sites excluding steroid dienone is 3. The van der Waals surface area contributed by atoms with Crippen LogP contribution in [0.4, 0.5) is 0 Å². The Morgan fingerprint density at radius 3 is 2.81 bits per heavy atom. The Kier molecular flexibility index (Phi) is 5.60. The molecule has 0 aliphatic carbocycles. The number of hydrogen-bond donors (Lipinski definition) is 3. The van der Waals surface area contributed by atoms with Gasteiger partial charge in [-0.05, 0) is 31.4 Å². The molecule has 2 heterocycles. The number of phenolic OH excluding ortho intramolecular Hbond substituents is 2. The number of thiol groups is 1. The maximum atomic E-state index is 12.6. The average molecular weight is 396 g/mol. The normalized spacial score (nSPS) is 29.9. The quantitative estimate of drug-likeness (QED) is 0.355. The van der Waals surface area contributed by atoms with E-state index in [1.165, 1.54) is 0 Å². The molecule has 2 N–H and O–H groups in total. The molecule has 2 aliphatic rings. The van der Waals surface area contributed by atoms with Crippen molar-refractivity contribution in [3.05, 3.63) is 46.5 Å². The molecule has 0 bridgehead atoms. The number of carbonyl (C=O) groups is 1. The molecule has 0 aromatic heterocycles. The van der Waals surface area contributed by atoms with Crippen molar-refractivity contribution in [2.75, 3.05) is 0 Å². The van der Waals surface area contributed by atoms with Gasteiger partial charge in [-0.3, -0.25) is 0 Å². The van der Waals surface area contributed by atoms with E-state index in [4.69, 9.17) is 21.1 Å². The summed E-state index contributed by atoms with van der Waals surface area (Å²) in [6.45, 7) is 1.76. The standard InChI is InChI=1S/C18H18ClNO5S/c1-9-6-15-14(25-15)5-3-2-4-10(20-26)7-11-16(18(23)24-9)12(21)8-13(22)17(11)19/h2-5,8-9,14-15,21-22,26H,6-7H2,1H3/b4-2+,5-3-,20-10?. The molecule has 0 spiro atoms. The lowest BCUT2D eigenvalue weighted by atomic mass is 9.99. The van der Waals surface area contributed by atoms with Crippen molar-refractivity contribution in [3.63, 3.8) is 0 Å². The molecular formula is C18H18ClNO5S. The number of aromatic hydroxyl groups is 2. The van der Waals surface area contributed by atoms with Crippen molar-refractivity contribution in [3.8, 4) is 11.5 Å². The van der Waals surface area contributed by atoms with Crippen LogP contribution in [0.2, 0.25) is 5.02 Å². The summed E-state index contributed by atoms with van der Waals surface area (Å²) in [4.78, 5) is 12.6. The van der Waals surface area contributed by atoms with E-state index in [2.05, 4.69) is 17.2 Å². The highest BCUT2D eigenvalue weighted by atomic mass is 35.5. The van der Waals surface area contributed by atoms with E-state index in [1.54, 1.807) is 19.1 Å². The van der Waals surface area contributed by atoms with Gasteiger partial charge in [0.15, 0.2) is 0 Å². The monoisotopic (exact) mass is 395 g/mol. The zero-order valence-corrected chi connectivity index (χ0v) is 15.6. The smallest absolute Gasteiger partial charge is 0.342 e. The zero-order valence-electron chi connectivity index (χ0n) is 13.9. The molecule has 3 atom stereocenters. The Bertz CT molecular complexity index is 820. The summed E-state index contributed by atoms with van der Waals surface area (Å²) in [6, 6.07) is 1.02. The predicted octanol–water partition coefficient (Wildman–Crippen LogP) is 3.41. The number of carbonyl (C=O) groups excluding carboxylic acids is 1. The summed E-state index contributed by atoms with van der Waals surface area (Å²) in [5.74, 6) is -1.46. The van der Waals surface area contributed by atoms with Crippen LogP contribution >= 0.6 is 24.4 Å². The van der Waals surface area contributed by atoms with Gasteiger partial charge in [0.05, 0.1) is 16.8 Å². The number of hydrogen-bond acceptors (Lipinski definition) is 7. The molecule has 2 aliphatic heterocycles. The molecular weight excluding hydrogens is 378 g/mol. The van der Waals surface area contributed by atoms with Crippen LogP contribution in [0.5, 0.6) is 11.5 Å². The first-order chi connectivity index (χ1) is 12.4. The largest absolute Gasteiger partial charge is 0.507 e. The van der Waals surface area contributed by atoms with Crippen LogP contribution in [0.1, 0.15) is 29.3 Å². The van der Waals surface area contributed by atoms with Gasteiger partial charge < -0.3 is 19.7 Å². The number of epoxide rings is 1. The van der Waals surface area contributed by atoms with Gasteiger partial charge in [-0.15, -0.1) is 0 Å². The molecule has 1 aromatic carbocycles. The molecule has 138 valence electrons. The lowest BCUT2D eigenvalue weighted by molar-refractivity contribution is 0.0306. The van der Waals surface area contributed by atoms with Crippen molar-refractivity contribution >= 4 is 36.1 Å². The summed E-state index contributed by atoms with van der Waals surface area (Å²) < 4.78 is 14.8. The van der Waals surface area contributed by atoms with Crippen LogP contribution in [-0.4, -0.2) is 40.2 Å². The van der Waals surface area contributed by atoms with Gasteiger partial charge in [-0.1, -0.05) is 29.8 Å². The van der Waals surface area contributed by atoms with Gasteiger partial charge in [0.2, 0.25) is 0 Å². The fourth-order valence-corrected chi connectivity index (χ4v) is 3.21. The maximum Gasteiger partial charge on any atom is 0.342 e. The van der Waals surface area contributed by atoms with Crippen molar-refractivity contribution in [1.29, 1.82) is 0 Å². The third-order valence-corrected chi connectivity index (χ3v) is 4.89. The summed E-state index contributed by atoms with van der Waals surface area (Å²) in [5, 5.41) is 20.1. The Balaban J connectivity index is 2.05. The Hall–Kier alpha value is -1.96. The van der Waals surface area contributed by atoms with Crippen LogP contribution in [0.3, 0.4) is 0 Å². The third-order valence-electron chi connectivity index (χ3n) is 4.21. The Morgan fingerprint density at radius 2 is 2.08 bits per heavy atom. The van der Waals surface area contributed by atoms with Gasteiger partial charge in [0, 0.05) is 18.9 Å². The highest BCUT2D eigenvalue weighted by Gasteiger charge is 2.38. The van der Waals surface area contributed by atoms with Crippen molar-refractivity contribution in [2.24, 2.45) is 4.40 Å². The van der Waals surface area contributed by atoms with Gasteiger partial charge >= 0.3 is 5.97 Å². The van der Waals surface area contributed by atoms with E-state index in [0.717, 1.165) is 6.07 Å². The summed E-state index contributed by atoms with van der Waals surface area (Å²) >= 11 is 10.1. The van der Waals surface area contributed by atoms with E-state index >= 15 is 0 Å². The lowest BCUT2D eigenvalue weighted by Gasteiger charge is -2.17. The van der Waals surface area contributed by atoms with E-state index in [9.17, 15) is 15.0 Å². The third kappa shape index (κ3) is 4.06. The second kappa shape index (κ2) is 7.73. The molecule has 3 rings (SSSR count). The summed E-state index contributed by atoms with van der Waals surface area (Å²) in [5.41, 5.74) is 0.612. The molecule has 1 saturated heterocycles. The number of esters is 1. The van der Waals surface area contributed by atoms with Gasteiger partial charge in [-0.25, -0.2) is 9.19 Å². The number of benzene rings is 1. The minimum Gasteiger partial charge on any atom is -0.507 e.